The molecule has 2 aromatic heterocycles. The minimum absolute atomic E-state index is 0.667. The lowest BCUT2D eigenvalue weighted by Crippen LogP contribution is -2.00. The van der Waals surface area contributed by atoms with Crippen molar-refractivity contribution >= 4 is 27.5 Å². The largest absolute Gasteiger partial charge is 0.208 e. The Kier molecular flexibility index (Phi) is 6.47. The number of nitrogens with zero attached hydrogens (tertiary/aromatic N) is 3. The van der Waals surface area contributed by atoms with E-state index in [1.807, 2.05) is 66.7 Å². The van der Waals surface area contributed by atoms with Crippen molar-refractivity contribution in [2.24, 2.45) is 0 Å². The molecule has 2 heterocycles. The van der Waals surface area contributed by atoms with Crippen LogP contribution in [0, 0.1) is 6.92 Å². The number of aryl methyl sites for hydroxylation is 1. The van der Waals surface area contributed by atoms with Crippen LogP contribution < -0.4 is 0 Å². The van der Waals surface area contributed by atoms with Crippen LogP contribution >= 0.6 is 11.3 Å². The topological polar surface area (TPSA) is 38.7 Å². The molecule has 0 unspecified atom stereocenters. The van der Waals surface area contributed by atoms with E-state index in [1.165, 1.54) is 20.5 Å². The first-order valence-electron chi connectivity index (χ1n) is 11.5. The minimum atomic E-state index is 0.667. The number of aromatic nitrogens is 3. The van der Waals surface area contributed by atoms with Gasteiger partial charge in [0.2, 0.25) is 0 Å². The summed E-state index contributed by atoms with van der Waals surface area (Å²) in [5, 5.41) is 1.17. The molecule has 0 N–H and O–H groups in total. The van der Waals surface area contributed by atoms with Gasteiger partial charge in [0.25, 0.3) is 0 Å². The first kappa shape index (κ1) is 22.6. The van der Waals surface area contributed by atoms with Crippen LogP contribution in [0.15, 0.2) is 109 Å². The zero-order valence-electron chi connectivity index (χ0n) is 19.8. The minimum Gasteiger partial charge on any atom is -0.208 e. The summed E-state index contributed by atoms with van der Waals surface area (Å²) in [6.45, 7) is 8.06. The van der Waals surface area contributed by atoms with Crippen molar-refractivity contribution in [2.75, 3.05) is 0 Å². The van der Waals surface area contributed by atoms with E-state index in [2.05, 4.69) is 50.8 Å². The molecule has 5 rings (SSSR count). The van der Waals surface area contributed by atoms with E-state index in [0.717, 1.165) is 22.3 Å². The van der Waals surface area contributed by atoms with Crippen LogP contribution in [0.3, 0.4) is 0 Å². The lowest BCUT2D eigenvalue weighted by molar-refractivity contribution is 1.08. The summed E-state index contributed by atoms with van der Waals surface area (Å²) in [7, 11) is 0. The number of fused-ring (bicyclic) bond motifs is 1. The Bertz CT molecular complexity index is 1500. The van der Waals surface area contributed by atoms with Gasteiger partial charge in [-0.1, -0.05) is 109 Å². The van der Waals surface area contributed by atoms with Crippen LogP contribution in [-0.2, 0) is 0 Å². The molecule has 0 fully saturated rings. The van der Waals surface area contributed by atoms with Gasteiger partial charge < -0.3 is 0 Å². The summed E-state index contributed by atoms with van der Waals surface area (Å²) in [6, 6.07) is 26.5. The van der Waals surface area contributed by atoms with Gasteiger partial charge in [-0.3, -0.25) is 0 Å². The molecule has 0 aliphatic carbocycles. The van der Waals surface area contributed by atoms with E-state index in [4.69, 9.17) is 15.0 Å². The highest BCUT2D eigenvalue weighted by molar-refractivity contribution is 7.19. The van der Waals surface area contributed by atoms with Gasteiger partial charge in [-0.15, -0.1) is 11.3 Å². The Hall–Kier alpha value is -4.15. The van der Waals surface area contributed by atoms with E-state index >= 15 is 0 Å². The van der Waals surface area contributed by atoms with Crippen molar-refractivity contribution in [1.82, 2.24) is 15.0 Å². The van der Waals surface area contributed by atoms with Crippen molar-refractivity contribution < 1.29 is 0 Å². The third kappa shape index (κ3) is 4.75. The molecule has 0 spiro atoms. The third-order valence-corrected chi connectivity index (χ3v) is 6.83. The van der Waals surface area contributed by atoms with Crippen LogP contribution in [0.5, 0.6) is 0 Å². The molecule has 0 aliphatic rings. The number of benzene rings is 3. The van der Waals surface area contributed by atoms with Crippen LogP contribution in [-0.4, -0.2) is 15.0 Å². The van der Waals surface area contributed by atoms with Gasteiger partial charge in [0.1, 0.15) is 0 Å². The van der Waals surface area contributed by atoms with Gasteiger partial charge in [-0.25, -0.2) is 15.0 Å². The molecule has 3 aromatic carbocycles. The Balaban J connectivity index is 1.77. The summed E-state index contributed by atoms with van der Waals surface area (Å²) in [6.07, 6.45) is 8.06. The maximum absolute atomic E-state index is 4.96. The molecule has 35 heavy (non-hydrogen) atoms. The molecule has 5 aromatic rings. The molecule has 0 amide bonds. The fourth-order valence-electron chi connectivity index (χ4n) is 4.07. The fourth-order valence-corrected chi connectivity index (χ4v) is 5.14. The first-order chi connectivity index (χ1) is 17.1. The normalized spacial score (nSPS) is 11.9. The smallest absolute Gasteiger partial charge is 0.164 e. The van der Waals surface area contributed by atoms with E-state index in [9.17, 15) is 0 Å². The van der Waals surface area contributed by atoms with Crippen LogP contribution in [0.1, 0.15) is 17.4 Å². The van der Waals surface area contributed by atoms with E-state index in [0.29, 0.717) is 17.5 Å². The molecule has 0 bridgehead atoms. The Labute approximate surface area is 209 Å². The van der Waals surface area contributed by atoms with Crippen molar-refractivity contribution in [3.05, 3.63) is 120 Å². The number of rotatable bonds is 6. The number of hydrogen-bond donors (Lipinski definition) is 0. The molecular weight excluding hydrogens is 446 g/mol. The maximum Gasteiger partial charge on any atom is 0.164 e. The molecule has 0 saturated carbocycles. The zero-order chi connectivity index (χ0) is 24.2. The predicted octanol–water partition coefficient (Wildman–Crippen LogP) is 8.54. The van der Waals surface area contributed by atoms with Crippen molar-refractivity contribution in [2.45, 2.75) is 13.8 Å². The SMILES string of the molecule is C=C/C=C/C(C)=C/c1c(C)sc2cccc(-c3nc(-c4ccccc4)nc(-c4ccccc4)n3)c12. The van der Waals surface area contributed by atoms with E-state index < -0.39 is 0 Å². The predicted molar refractivity (Wildman–Crippen MR) is 149 cm³/mol. The van der Waals surface area contributed by atoms with Crippen molar-refractivity contribution in [3.8, 4) is 34.2 Å². The second kappa shape index (κ2) is 10.00. The third-order valence-electron chi connectivity index (χ3n) is 5.75. The number of allylic oxidation sites excluding steroid dienone is 4. The quantitative estimate of drug-likeness (QED) is 0.233. The van der Waals surface area contributed by atoms with Crippen molar-refractivity contribution in [1.29, 1.82) is 0 Å². The van der Waals surface area contributed by atoms with Gasteiger partial charge in [0, 0.05) is 31.7 Å². The van der Waals surface area contributed by atoms with E-state index in [1.54, 1.807) is 17.4 Å². The Morgan fingerprint density at radius 2 is 1.37 bits per heavy atom. The summed E-state index contributed by atoms with van der Waals surface area (Å²) >= 11 is 1.79. The lowest BCUT2D eigenvalue weighted by atomic mass is 10.0. The molecule has 3 nitrogen and oxygen atoms in total. The molecule has 0 radical (unpaired) electrons. The molecule has 0 atom stereocenters. The van der Waals surface area contributed by atoms with Gasteiger partial charge in [-0.2, -0.15) is 0 Å². The van der Waals surface area contributed by atoms with Crippen LogP contribution in [0.2, 0.25) is 0 Å². The second-order valence-corrected chi connectivity index (χ2v) is 9.53. The van der Waals surface area contributed by atoms with Gasteiger partial charge in [0.05, 0.1) is 0 Å². The highest BCUT2D eigenvalue weighted by Gasteiger charge is 2.17. The number of hydrogen-bond acceptors (Lipinski definition) is 4. The molecule has 170 valence electrons. The Morgan fingerprint density at radius 3 is 1.97 bits per heavy atom. The van der Waals surface area contributed by atoms with Gasteiger partial charge in [0.15, 0.2) is 17.5 Å². The summed E-state index contributed by atoms with van der Waals surface area (Å²) < 4.78 is 1.22. The highest BCUT2D eigenvalue weighted by atomic mass is 32.1. The van der Waals surface area contributed by atoms with Crippen LogP contribution in [0.4, 0.5) is 0 Å². The molecule has 0 saturated heterocycles. The van der Waals surface area contributed by atoms with Gasteiger partial charge in [-0.05, 0) is 25.5 Å². The Morgan fingerprint density at radius 1 is 0.771 bits per heavy atom. The number of thiophene rings is 1. The maximum atomic E-state index is 4.96. The fraction of sp³-hybridized carbons (Fsp3) is 0.0645. The lowest BCUT2D eigenvalue weighted by Gasteiger charge is -2.10. The van der Waals surface area contributed by atoms with Gasteiger partial charge >= 0.3 is 0 Å². The van der Waals surface area contributed by atoms with Crippen LogP contribution in [0.25, 0.3) is 50.3 Å². The summed E-state index contributed by atoms with van der Waals surface area (Å²) in [5.74, 6) is 2.01. The molecular formula is C31H25N3S. The van der Waals surface area contributed by atoms with E-state index in [-0.39, 0.29) is 0 Å². The molecule has 4 heteroatoms. The zero-order valence-corrected chi connectivity index (χ0v) is 20.6. The van der Waals surface area contributed by atoms with Crippen molar-refractivity contribution in [3.63, 3.8) is 0 Å². The monoisotopic (exact) mass is 471 g/mol. The first-order valence-corrected chi connectivity index (χ1v) is 12.3. The summed E-state index contributed by atoms with van der Waals surface area (Å²) in [4.78, 5) is 16.0. The standard InChI is InChI=1S/C31H25N3S/c1-4-5-13-21(2)20-26-22(3)35-27-19-12-18-25(28(26)27)31-33-29(23-14-8-6-9-15-23)32-30(34-31)24-16-10-7-11-17-24/h4-20H,1H2,2-3H3/b13-5+,21-20+. The highest BCUT2D eigenvalue weighted by Crippen LogP contribution is 2.39. The second-order valence-electron chi connectivity index (χ2n) is 8.27. The molecule has 0 aliphatic heterocycles. The average molecular weight is 472 g/mol. The summed E-state index contributed by atoms with van der Waals surface area (Å²) in [5.41, 5.74) is 5.30. The average Bonchev–Trinajstić information content (AvgIpc) is 3.23.